The molecule has 1 saturated heterocycles. The molecule has 22 heavy (non-hydrogen) atoms. The fraction of sp³-hybridized carbons (Fsp3) is 0.556. The van der Waals surface area contributed by atoms with Crippen molar-refractivity contribution in [1.82, 2.24) is 4.90 Å². The van der Waals surface area contributed by atoms with Crippen molar-refractivity contribution >= 4 is 0 Å². The van der Waals surface area contributed by atoms with E-state index in [0.29, 0.717) is 22.6 Å². The molecule has 0 amide bonds. The molecule has 116 valence electrons. The Balaban J connectivity index is 1.88. The van der Waals surface area contributed by atoms with Crippen molar-refractivity contribution in [3.8, 4) is 11.5 Å². The molecule has 2 heterocycles. The minimum Gasteiger partial charge on any atom is -0.493 e. The quantitative estimate of drug-likeness (QED) is 0.799. The van der Waals surface area contributed by atoms with E-state index in [4.69, 9.17) is 15.0 Å². The second-order valence-electron chi connectivity index (χ2n) is 6.30. The first kappa shape index (κ1) is 8.37. The minimum absolute atomic E-state index is 0.0276. The van der Waals surface area contributed by atoms with Crippen LogP contribution < -0.4 is 9.47 Å². The summed E-state index contributed by atoms with van der Waals surface area (Å²) in [4.78, 5) is 1.11. The van der Waals surface area contributed by atoms with Gasteiger partial charge in [0, 0.05) is 29.7 Å². The maximum atomic E-state index is 10.8. The summed E-state index contributed by atoms with van der Waals surface area (Å²) in [5.41, 5.74) is 0.172. The highest BCUT2D eigenvalue weighted by Gasteiger charge is 2.64. The lowest BCUT2D eigenvalue weighted by Gasteiger charge is -2.56. The summed E-state index contributed by atoms with van der Waals surface area (Å²) in [5.74, 6) is -0.883. The Morgan fingerprint density at radius 2 is 2.41 bits per heavy atom. The topological polar surface area (TPSA) is 41.9 Å². The summed E-state index contributed by atoms with van der Waals surface area (Å²) in [7, 11) is 1.50. The standard InChI is InChI=1S/C18H21NO3/c1-19-8-7-18-11-4-5-13(20)17(18)22-16-14(21-2)6-3-10(15(16)18)9-12(11)19/h3-6,11-13,17,20H,7-9H2,1-2H3/t11-,12+,13?,17?,18-/m0/s1/i1D3,11D,12D,13D. The molecule has 0 saturated carbocycles. The Hall–Kier alpha value is -1.52. The van der Waals surface area contributed by atoms with Gasteiger partial charge in [-0.1, -0.05) is 18.2 Å². The Labute approximate surface area is 138 Å². The highest BCUT2D eigenvalue weighted by Crippen LogP contribution is 2.62. The van der Waals surface area contributed by atoms with E-state index < -0.39 is 36.5 Å². The fourth-order valence-corrected chi connectivity index (χ4v) is 4.55. The number of likely N-dealkylation sites (N-methyl/N-ethyl adjacent to an activating group) is 1. The average Bonchev–Trinajstić information content (AvgIpc) is 2.94. The molecule has 0 aromatic heterocycles. The number of hydrogen-bond donors (Lipinski definition) is 1. The average molecular weight is 305 g/mol. The molecular weight excluding hydrogens is 278 g/mol. The summed E-state index contributed by atoms with van der Waals surface area (Å²) in [5, 5.41) is 10.8. The monoisotopic (exact) mass is 305 g/mol. The Morgan fingerprint density at radius 3 is 3.23 bits per heavy atom. The van der Waals surface area contributed by atoms with E-state index in [1.807, 2.05) is 0 Å². The third kappa shape index (κ3) is 1.28. The molecule has 1 N–H and O–H groups in total. The van der Waals surface area contributed by atoms with Gasteiger partial charge in [0.05, 0.1) is 8.48 Å². The van der Waals surface area contributed by atoms with Crippen LogP contribution in [0.1, 0.15) is 25.8 Å². The van der Waals surface area contributed by atoms with E-state index in [2.05, 4.69) is 0 Å². The molecule has 2 aliphatic carbocycles. The number of rotatable bonds is 1. The molecule has 1 spiro atoms. The van der Waals surface area contributed by atoms with E-state index in [1.165, 1.54) is 19.3 Å². The van der Waals surface area contributed by atoms with Crippen LogP contribution in [0.4, 0.5) is 0 Å². The normalized spacial score (nSPS) is 55.6. The van der Waals surface area contributed by atoms with Crippen molar-refractivity contribution in [2.45, 2.75) is 36.5 Å². The van der Waals surface area contributed by atoms with Gasteiger partial charge in [0.15, 0.2) is 11.5 Å². The Morgan fingerprint density at radius 1 is 1.50 bits per heavy atom. The van der Waals surface area contributed by atoms with Gasteiger partial charge in [-0.15, -0.1) is 0 Å². The van der Waals surface area contributed by atoms with Crippen LogP contribution in [0.5, 0.6) is 11.5 Å². The summed E-state index contributed by atoms with van der Waals surface area (Å²) >= 11 is 0. The first-order valence-corrected chi connectivity index (χ1v) is 7.50. The van der Waals surface area contributed by atoms with Crippen molar-refractivity contribution in [3.05, 3.63) is 35.4 Å². The van der Waals surface area contributed by atoms with Gasteiger partial charge in [0.2, 0.25) is 0 Å². The first-order valence-electron chi connectivity index (χ1n) is 10.5. The lowest BCUT2D eigenvalue weighted by atomic mass is 9.53. The van der Waals surface area contributed by atoms with Gasteiger partial charge in [0.1, 0.15) is 12.2 Å². The molecule has 4 heteroatoms. The molecule has 2 unspecified atom stereocenters. The zero-order valence-corrected chi connectivity index (χ0v) is 12.2. The van der Waals surface area contributed by atoms with Crippen LogP contribution in [-0.4, -0.2) is 48.8 Å². The molecule has 1 fully saturated rings. The largest absolute Gasteiger partial charge is 0.493 e. The second-order valence-corrected chi connectivity index (χ2v) is 6.30. The maximum Gasteiger partial charge on any atom is 0.165 e. The van der Waals surface area contributed by atoms with Crippen molar-refractivity contribution in [3.63, 3.8) is 0 Å². The minimum atomic E-state index is -2.54. The van der Waals surface area contributed by atoms with Crippen molar-refractivity contribution in [1.29, 1.82) is 0 Å². The number of ether oxygens (including phenoxy) is 2. The van der Waals surface area contributed by atoms with Crippen molar-refractivity contribution in [2.24, 2.45) is 5.89 Å². The molecule has 2 bridgehead atoms. The lowest BCUT2D eigenvalue weighted by molar-refractivity contribution is -0.0453. The van der Waals surface area contributed by atoms with Gasteiger partial charge < -0.3 is 19.5 Å². The highest BCUT2D eigenvalue weighted by molar-refractivity contribution is 5.62. The highest BCUT2D eigenvalue weighted by atomic mass is 16.5. The zero-order valence-electron chi connectivity index (χ0n) is 18.2. The van der Waals surface area contributed by atoms with Crippen LogP contribution in [0.25, 0.3) is 0 Å². The zero-order chi connectivity index (χ0) is 20.3. The number of aliphatic hydroxyl groups is 1. The van der Waals surface area contributed by atoms with E-state index in [9.17, 15) is 7.85 Å². The summed E-state index contributed by atoms with van der Waals surface area (Å²) < 4.78 is 62.4. The predicted molar refractivity (Wildman–Crippen MR) is 82.5 cm³/mol. The molecule has 2 aliphatic heterocycles. The molecule has 4 nitrogen and oxygen atoms in total. The van der Waals surface area contributed by atoms with E-state index >= 15 is 0 Å². The van der Waals surface area contributed by atoms with Crippen LogP contribution in [0.3, 0.4) is 0 Å². The van der Waals surface area contributed by atoms with Crippen LogP contribution in [0.15, 0.2) is 24.3 Å². The van der Waals surface area contributed by atoms with Crippen LogP contribution >= 0.6 is 0 Å². The molecule has 0 radical (unpaired) electrons. The molecule has 1 aromatic carbocycles. The van der Waals surface area contributed by atoms with Gasteiger partial charge in [-0.3, -0.25) is 0 Å². The number of likely N-dealkylation sites (tertiary alicyclic amines) is 1. The smallest absolute Gasteiger partial charge is 0.165 e. The summed E-state index contributed by atoms with van der Waals surface area (Å²) in [6, 6.07) is 1.67. The molecule has 1 aromatic rings. The SMILES string of the molecule is [2H]C1(O)C=C[C@]2([2H])[C@@]34CCN(C([2H])([2H])[2H])[C@]2([2H])Cc2ccc(OC)c(c23)OC14. The molecule has 5 atom stereocenters. The Bertz CT molecular complexity index is 917. The van der Waals surface area contributed by atoms with Crippen LogP contribution in [-0.2, 0) is 11.8 Å². The third-order valence-electron chi connectivity index (χ3n) is 5.45. The second kappa shape index (κ2) is 4.06. The maximum absolute atomic E-state index is 10.8. The lowest BCUT2D eigenvalue weighted by Crippen LogP contribution is -2.64. The van der Waals surface area contributed by atoms with Gasteiger partial charge in [0.25, 0.3) is 0 Å². The number of piperidine rings is 1. The van der Waals surface area contributed by atoms with Gasteiger partial charge in [-0.05, 0) is 38.0 Å². The first-order chi connectivity index (χ1) is 12.9. The third-order valence-corrected chi connectivity index (χ3v) is 5.45. The molecule has 4 aliphatic rings. The van der Waals surface area contributed by atoms with Crippen LogP contribution in [0.2, 0.25) is 0 Å². The molecule has 5 rings (SSSR count). The van der Waals surface area contributed by atoms with E-state index in [1.54, 1.807) is 12.1 Å². The Kier molecular flexibility index (Phi) is 1.54. The number of nitrogens with zero attached hydrogens (tertiary/aromatic N) is 1. The van der Waals surface area contributed by atoms with Crippen molar-refractivity contribution in [2.75, 3.05) is 20.6 Å². The summed E-state index contributed by atoms with van der Waals surface area (Å²) in [6.45, 7) is -2.50. The van der Waals surface area contributed by atoms with Crippen molar-refractivity contribution < 1.29 is 22.8 Å². The van der Waals surface area contributed by atoms with Gasteiger partial charge >= 0.3 is 0 Å². The summed E-state index contributed by atoms with van der Waals surface area (Å²) in [6.07, 6.45) is -0.512. The van der Waals surface area contributed by atoms with Gasteiger partial charge in [-0.2, -0.15) is 0 Å². The van der Waals surface area contributed by atoms with E-state index in [-0.39, 0.29) is 19.4 Å². The molecular formula is C18H21NO3. The fourth-order valence-electron chi connectivity index (χ4n) is 4.55. The van der Waals surface area contributed by atoms with Crippen LogP contribution in [0, 0.1) is 5.89 Å². The van der Waals surface area contributed by atoms with Gasteiger partial charge in [-0.25, -0.2) is 0 Å². The predicted octanol–water partition coefficient (Wildman–Crippen LogP) is 1.50. The number of hydrogen-bond acceptors (Lipinski definition) is 4. The number of methoxy groups -OCH3 is 1. The van der Waals surface area contributed by atoms with E-state index in [0.717, 1.165) is 4.90 Å². The number of benzene rings is 1.